The number of likely N-dealkylation sites (N-methyl/N-ethyl adjacent to an activating group) is 1. The first-order valence-corrected chi connectivity index (χ1v) is 5.63. The first kappa shape index (κ1) is 14.2. The first-order chi connectivity index (χ1) is 6.91. The van der Waals surface area contributed by atoms with Crippen LogP contribution in [0.3, 0.4) is 0 Å². The molecule has 2 N–H and O–H groups in total. The van der Waals surface area contributed by atoms with E-state index < -0.39 is 5.54 Å². The number of carbonyl (C=O) groups excluding carboxylic acids is 1. The fourth-order valence-electron chi connectivity index (χ4n) is 1.52. The van der Waals surface area contributed by atoms with Gasteiger partial charge in [-0.15, -0.1) is 0 Å². The Morgan fingerprint density at radius 1 is 1.33 bits per heavy atom. The van der Waals surface area contributed by atoms with E-state index in [0.717, 1.165) is 5.57 Å². The fraction of sp³-hybridized carbons (Fsp3) is 0.750. The normalized spacial score (nSPS) is 11.3. The summed E-state index contributed by atoms with van der Waals surface area (Å²) >= 11 is 0. The molecule has 0 rings (SSSR count). The van der Waals surface area contributed by atoms with E-state index in [2.05, 4.69) is 6.58 Å². The van der Waals surface area contributed by atoms with Crippen LogP contribution in [0.15, 0.2) is 12.2 Å². The van der Waals surface area contributed by atoms with E-state index in [9.17, 15) is 4.79 Å². The van der Waals surface area contributed by atoms with Crippen molar-refractivity contribution in [3.63, 3.8) is 0 Å². The number of hydrogen-bond donors (Lipinski definition) is 1. The minimum absolute atomic E-state index is 0.0398. The van der Waals surface area contributed by atoms with E-state index >= 15 is 0 Å². The van der Waals surface area contributed by atoms with Crippen LogP contribution in [0, 0.1) is 0 Å². The second kappa shape index (κ2) is 5.91. The van der Waals surface area contributed by atoms with E-state index in [1.165, 1.54) is 0 Å². The molecule has 0 saturated carbocycles. The quantitative estimate of drug-likeness (QED) is 0.684. The highest BCUT2D eigenvalue weighted by molar-refractivity contribution is 5.86. The third-order valence-corrected chi connectivity index (χ3v) is 2.82. The molecule has 0 aliphatic carbocycles. The number of nitrogens with zero attached hydrogens (tertiary/aromatic N) is 1. The Labute approximate surface area is 93.3 Å². The number of hydrogen-bond acceptors (Lipinski definition) is 2. The minimum Gasteiger partial charge on any atom is -0.337 e. The van der Waals surface area contributed by atoms with Crippen molar-refractivity contribution in [1.29, 1.82) is 0 Å². The lowest BCUT2D eigenvalue weighted by Crippen LogP contribution is -2.54. The Kier molecular flexibility index (Phi) is 5.58. The maximum atomic E-state index is 12.2. The van der Waals surface area contributed by atoms with Crippen LogP contribution in [-0.4, -0.2) is 29.4 Å². The molecule has 0 aromatic carbocycles. The SMILES string of the molecule is C=C(C)CN(CC)C(=O)C(N)(CC)CC. The van der Waals surface area contributed by atoms with Crippen LogP contribution < -0.4 is 5.73 Å². The van der Waals surface area contributed by atoms with Crippen molar-refractivity contribution in [3.05, 3.63) is 12.2 Å². The van der Waals surface area contributed by atoms with E-state index in [-0.39, 0.29) is 5.91 Å². The van der Waals surface area contributed by atoms with Crippen LogP contribution in [0.1, 0.15) is 40.5 Å². The van der Waals surface area contributed by atoms with Crippen molar-refractivity contribution in [3.8, 4) is 0 Å². The van der Waals surface area contributed by atoms with Crippen LogP contribution >= 0.6 is 0 Å². The molecule has 0 radical (unpaired) electrons. The third-order valence-electron chi connectivity index (χ3n) is 2.82. The second-order valence-electron chi connectivity index (χ2n) is 4.14. The molecular weight excluding hydrogens is 188 g/mol. The molecule has 3 heteroatoms. The molecule has 88 valence electrons. The Bertz CT molecular complexity index is 232. The molecule has 0 atom stereocenters. The van der Waals surface area contributed by atoms with Crippen LogP contribution in [0.25, 0.3) is 0 Å². The highest BCUT2D eigenvalue weighted by Crippen LogP contribution is 2.15. The van der Waals surface area contributed by atoms with Gasteiger partial charge in [-0.05, 0) is 26.7 Å². The predicted molar refractivity (Wildman–Crippen MR) is 64.6 cm³/mol. The molecule has 0 aliphatic heterocycles. The molecule has 0 fully saturated rings. The van der Waals surface area contributed by atoms with Gasteiger partial charge in [0.25, 0.3) is 0 Å². The van der Waals surface area contributed by atoms with Crippen molar-refractivity contribution in [2.45, 2.75) is 46.1 Å². The molecule has 0 heterocycles. The van der Waals surface area contributed by atoms with E-state index in [1.807, 2.05) is 27.7 Å². The summed E-state index contributed by atoms with van der Waals surface area (Å²) in [6.07, 6.45) is 1.35. The first-order valence-electron chi connectivity index (χ1n) is 5.63. The van der Waals surface area contributed by atoms with Crippen LogP contribution in [0.2, 0.25) is 0 Å². The second-order valence-corrected chi connectivity index (χ2v) is 4.14. The fourth-order valence-corrected chi connectivity index (χ4v) is 1.52. The molecule has 0 aromatic heterocycles. The van der Waals surface area contributed by atoms with Crippen molar-refractivity contribution < 1.29 is 4.79 Å². The molecule has 0 unspecified atom stereocenters. The molecule has 1 amide bonds. The lowest BCUT2D eigenvalue weighted by atomic mass is 9.92. The largest absolute Gasteiger partial charge is 0.337 e. The number of rotatable bonds is 6. The minimum atomic E-state index is -0.703. The summed E-state index contributed by atoms with van der Waals surface area (Å²) in [7, 11) is 0. The lowest BCUT2D eigenvalue weighted by molar-refractivity contribution is -0.136. The van der Waals surface area contributed by atoms with Gasteiger partial charge in [0, 0.05) is 13.1 Å². The van der Waals surface area contributed by atoms with Gasteiger partial charge in [-0.3, -0.25) is 4.79 Å². The van der Waals surface area contributed by atoms with Crippen molar-refractivity contribution >= 4 is 5.91 Å². The molecule has 0 aliphatic rings. The third kappa shape index (κ3) is 3.67. The van der Waals surface area contributed by atoms with Gasteiger partial charge in [-0.2, -0.15) is 0 Å². The molecule has 0 spiro atoms. The monoisotopic (exact) mass is 212 g/mol. The van der Waals surface area contributed by atoms with E-state index in [4.69, 9.17) is 5.73 Å². The summed E-state index contributed by atoms with van der Waals surface area (Å²) in [6.45, 7) is 12.9. The molecule has 15 heavy (non-hydrogen) atoms. The zero-order valence-corrected chi connectivity index (χ0v) is 10.5. The standard InChI is InChI=1S/C12H24N2O/c1-6-12(13,7-2)11(15)14(8-3)9-10(4)5/h4,6-9,13H2,1-3,5H3. The molecule has 0 saturated heterocycles. The highest BCUT2D eigenvalue weighted by Gasteiger charge is 2.33. The molecular formula is C12H24N2O. The number of nitrogens with two attached hydrogens (primary N) is 1. The van der Waals surface area contributed by atoms with Gasteiger partial charge in [-0.1, -0.05) is 26.0 Å². The average molecular weight is 212 g/mol. The van der Waals surface area contributed by atoms with Gasteiger partial charge in [0.1, 0.15) is 0 Å². The zero-order chi connectivity index (χ0) is 12.1. The predicted octanol–water partition coefficient (Wildman–Crippen LogP) is 1.93. The Morgan fingerprint density at radius 3 is 2.07 bits per heavy atom. The summed E-state index contributed by atoms with van der Waals surface area (Å²) in [5.41, 5.74) is 6.35. The maximum Gasteiger partial charge on any atom is 0.242 e. The topological polar surface area (TPSA) is 46.3 Å². The van der Waals surface area contributed by atoms with Gasteiger partial charge < -0.3 is 10.6 Å². The summed E-state index contributed by atoms with van der Waals surface area (Å²) in [5.74, 6) is 0.0398. The number of amides is 1. The summed E-state index contributed by atoms with van der Waals surface area (Å²) in [5, 5.41) is 0. The zero-order valence-electron chi connectivity index (χ0n) is 10.5. The maximum absolute atomic E-state index is 12.2. The highest BCUT2D eigenvalue weighted by atomic mass is 16.2. The van der Waals surface area contributed by atoms with Gasteiger partial charge in [-0.25, -0.2) is 0 Å². The number of carbonyl (C=O) groups is 1. The van der Waals surface area contributed by atoms with Gasteiger partial charge >= 0.3 is 0 Å². The average Bonchev–Trinajstić information content (AvgIpc) is 2.23. The van der Waals surface area contributed by atoms with Gasteiger partial charge in [0.05, 0.1) is 5.54 Å². The summed E-state index contributed by atoms with van der Waals surface area (Å²) < 4.78 is 0. The molecule has 0 bridgehead atoms. The smallest absolute Gasteiger partial charge is 0.242 e. The van der Waals surface area contributed by atoms with Crippen LogP contribution in [0.4, 0.5) is 0 Å². The molecule has 0 aromatic rings. The summed E-state index contributed by atoms with van der Waals surface area (Å²) in [4.78, 5) is 13.9. The Balaban J connectivity index is 4.70. The summed E-state index contributed by atoms with van der Waals surface area (Å²) in [6, 6.07) is 0. The Morgan fingerprint density at radius 2 is 1.80 bits per heavy atom. The lowest BCUT2D eigenvalue weighted by Gasteiger charge is -2.32. The van der Waals surface area contributed by atoms with Crippen molar-refractivity contribution in [1.82, 2.24) is 4.90 Å². The van der Waals surface area contributed by atoms with Crippen molar-refractivity contribution in [2.24, 2.45) is 5.73 Å². The van der Waals surface area contributed by atoms with Gasteiger partial charge in [0.2, 0.25) is 5.91 Å². The van der Waals surface area contributed by atoms with E-state index in [0.29, 0.717) is 25.9 Å². The van der Waals surface area contributed by atoms with E-state index in [1.54, 1.807) is 4.90 Å². The van der Waals surface area contributed by atoms with Gasteiger partial charge in [0.15, 0.2) is 0 Å². The van der Waals surface area contributed by atoms with Crippen molar-refractivity contribution in [2.75, 3.05) is 13.1 Å². The molecule has 3 nitrogen and oxygen atoms in total. The van der Waals surface area contributed by atoms with Crippen LogP contribution in [-0.2, 0) is 4.79 Å². The van der Waals surface area contributed by atoms with Crippen LogP contribution in [0.5, 0.6) is 0 Å². The Hall–Kier alpha value is -0.830.